The number of β-lactam (4-membered cyclic amide) rings is 1. The van der Waals surface area contributed by atoms with Crippen LogP contribution in [0.15, 0.2) is 48.1 Å². The molecule has 2 saturated heterocycles. The van der Waals surface area contributed by atoms with Crippen molar-refractivity contribution >= 4 is 74.3 Å². The quantitative estimate of drug-likeness (QED) is 0.0402. The van der Waals surface area contributed by atoms with Crippen LogP contribution in [0, 0.1) is 5.92 Å². The largest absolute Gasteiger partial charge is 0.504 e. The number of thioether (sulfide) groups is 1. The van der Waals surface area contributed by atoms with Crippen LogP contribution in [0.1, 0.15) is 38.3 Å². The molecule has 20 nitrogen and oxygen atoms in total. The van der Waals surface area contributed by atoms with Crippen molar-refractivity contribution in [2.75, 3.05) is 31.9 Å². The fraction of sp³-hybridized carbons (Fsp3) is 0.424. The molecule has 3 aromatic rings. The van der Waals surface area contributed by atoms with Crippen molar-refractivity contribution in [1.29, 1.82) is 0 Å². The number of carboxylic acids is 3. The van der Waals surface area contributed by atoms with Gasteiger partial charge in [0.2, 0.25) is 12.0 Å². The van der Waals surface area contributed by atoms with Gasteiger partial charge in [-0.1, -0.05) is 5.16 Å². The number of carbonyl (C=O) groups excluding carboxylic acids is 2. The number of fused-ring (bicyclic) bond motifs is 2. The molecule has 2 fully saturated rings. The van der Waals surface area contributed by atoms with Crippen LogP contribution in [0.3, 0.4) is 0 Å². The summed E-state index contributed by atoms with van der Waals surface area (Å²) in [7, 11) is 0. The molecule has 4 atom stereocenters. The Morgan fingerprint density at radius 2 is 1.76 bits per heavy atom. The molecule has 0 saturated carbocycles. The number of Topliss-reactive ketones (excluding diaryl/α,β-unsaturated/α-hetero) is 1. The Morgan fingerprint density at radius 1 is 1.09 bits per heavy atom. The molecule has 1 aromatic carbocycles. The Labute approximate surface area is 317 Å². The van der Waals surface area contributed by atoms with E-state index in [1.165, 1.54) is 17.1 Å². The van der Waals surface area contributed by atoms with Gasteiger partial charge >= 0.3 is 23.5 Å². The number of amides is 1. The van der Waals surface area contributed by atoms with Crippen molar-refractivity contribution in [3.05, 3.63) is 55.3 Å². The fourth-order valence-corrected chi connectivity index (χ4v) is 9.14. The summed E-state index contributed by atoms with van der Waals surface area (Å²) < 4.78 is 6.46. The third-order valence-corrected chi connectivity index (χ3v) is 12.0. The maximum Gasteiger partial charge on any atom is 0.364 e. The first kappa shape index (κ1) is 39.0. The highest BCUT2D eigenvalue weighted by atomic mass is 32.2. The van der Waals surface area contributed by atoms with Crippen molar-refractivity contribution in [3.8, 4) is 11.5 Å². The molecule has 292 valence electrons. The molecule has 6 rings (SSSR count). The van der Waals surface area contributed by atoms with Crippen LogP contribution in [0.5, 0.6) is 11.5 Å². The molecule has 3 aliphatic heterocycles. The van der Waals surface area contributed by atoms with Crippen LogP contribution in [0.2, 0.25) is 0 Å². The lowest BCUT2D eigenvalue weighted by molar-refractivity contribution is -0.913. The average Bonchev–Trinajstić information content (AvgIpc) is 3.78. The molecular weight excluding hydrogens is 769 g/mol. The minimum Gasteiger partial charge on any atom is -0.504 e. The number of aliphatic carboxylic acids is 3. The summed E-state index contributed by atoms with van der Waals surface area (Å²) in [6.07, 6.45) is -1.81. The topological polar surface area (TPSA) is 302 Å². The van der Waals surface area contributed by atoms with Gasteiger partial charge in [-0.05, 0) is 19.1 Å². The summed E-state index contributed by atoms with van der Waals surface area (Å²) in [5.74, 6) is -8.11. The summed E-state index contributed by atoms with van der Waals surface area (Å²) in [5, 5.41) is 52.0. The minimum absolute atomic E-state index is 0.0379. The van der Waals surface area contributed by atoms with Gasteiger partial charge in [0.15, 0.2) is 28.1 Å². The van der Waals surface area contributed by atoms with E-state index in [4.69, 9.17) is 20.2 Å². The van der Waals surface area contributed by atoms with Crippen molar-refractivity contribution in [3.63, 3.8) is 0 Å². The number of nitrogens with two attached hydrogens (primary N) is 1. The van der Waals surface area contributed by atoms with Crippen LogP contribution in [0.25, 0.3) is 10.8 Å². The number of thiazole rings is 1. The van der Waals surface area contributed by atoms with Crippen LogP contribution < -0.4 is 16.9 Å². The lowest BCUT2D eigenvalue weighted by Gasteiger charge is -2.51. The van der Waals surface area contributed by atoms with E-state index in [1.807, 2.05) is 0 Å². The van der Waals surface area contributed by atoms with E-state index in [-0.39, 0.29) is 46.9 Å². The molecule has 0 unspecified atom stereocenters. The van der Waals surface area contributed by atoms with E-state index >= 15 is 0 Å². The number of aromatic hydroxyl groups is 2. The maximum atomic E-state index is 13.7. The highest BCUT2D eigenvalue weighted by Crippen LogP contribution is 2.49. The highest BCUT2D eigenvalue weighted by Gasteiger charge is 2.56. The second-order valence-electron chi connectivity index (χ2n) is 13.4. The number of nitrogen functional groups attached to an aromatic ring is 1. The van der Waals surface area contributed by atoms with Crippen molar-refractivity contribution in [2.24, 2.45) is 11.1 Å². The first-order valence-corrected chi connectivity index (χ1v) is 18.7. The number of hydrogen-bond acceptors (Lipinski definition) is 16. The number of nitrogens with zero attached hydrogens (tertiary/aromatic N) is 5. The Hall–Kier alpha value is -5.74. The van der Waals surface area contributed by atoms with E-state index in [0.717, 1.165) is 46.0 Å². The number of oxime groups is 1. The smallest absolute Gasteiger partial charge is 0.364 e. The molecule has 0 bridgehead atoms. The summed E-state index contributed by atoms with van der Waals surface area (Å²) in [6, 6.07) is 1.93. The van der Waals surface area contributed by atoms with Gasteiger partial charge in [-0.25, -0.2) is 19.4 Å². The standard InChI is InChI=1S/C33H34N6O14S2/c1-14-18(12-39(5-2-3-6-39)7-4-37-27(45)15-8-20(40)21(41)9-16(15)32(51)53-37)26(31(49)50)38-28(46)17(29(38)55-14)10-22(42)25(19-13-54-33(34)35-19)36-52-23(30(47)48)11-24(43)44/h8-9,13-14,17,23,29H,2-7,10-12H2,1H3,(H6-,34,35,36,40,41,42,43,44,45,47,48,49,50,51)/p+1/t14-,17+,23-,29+/m0/s1. The van der Waals surface area contributed by atoms with Crippen LogP contribution >= 0.6 is 23.1 Å². The average molecular weight is 804 g/mol. The van der Waals surface area contributed by atoms with Gasteiger partial charge in [0.25, 0.3) is 5.56 Å². The molecule has 22 heteroatoms. The highest BCUT2D eigenvalue weighted by molar-refractivity contribution is 8.00. The van der Waals surface area contributed by atoms with Crippen molar-refractivity contribution in [1.82, 2.24) is 14.6 Å². The van der Waals surface area contributed by atoms with Gasteiger partial charge in [-0.2, -0.15) is 4.74 Å². The molecule has 7 N–H and O–H groups in total. The van der Waals surface area contributed by atoms with E-state index in [9.17, 15) is 54.0 Å². The monoisotopic (exact) mass is 803 g/mol. The lowest BCUT2D eigenvalue weighted by Crippen LogP contribution is -2.63. The van der Waals surface area contributed by atoms with Gasteiger partial charge in [0, 0.05) is 35.5 Å². The molecule has 5 heterocycles. The number of carboxylic acid groups (broad SMARTS) is 3. The van der Waals surface area contributed by atoms with Gasteiger partial charge in [0.1, 0.15) is 31.0 Å². The number of rotatable bonds is 15. The number of hydrogen-bond donors (Lipinski definition) is 6. The number of likely N-dealkylation sites (tertiary alicyclic amines) is 1. The third-order valence-electron chi connectivity index (χ3n) is 9.86. The number of phenolic OH excluding ortho intramolecular Hbond substituents is 2. The predicted molar refractivity (Wildman–Crippen MR) is 192 cm³/mol. The van der Waals surface area contributed by atoms with E-state index < -0.39 is 93.5 Å². The SMILES string of the molecule is C[C@@H]1S[C@@H]2[C@H](CC(=O)/C(=N\O[C@@H](CC(=O)O)C(=O)O)c3csc(N)n3)C(=O)N2C(C(=O)O)=C1C[N+]1(CCn2oc(=O)c3cc(O)c(O)cc3c2=O)CCCC1. The zero-order chi connectivity index (χ0) is 39.9. The number of ketones is 1. The zero-order valence-corrected chi connectivity index (χ0v) is 30.6. The summed E-state index contributed by atoms with van der Waals surface area (Å²) in [5.41, 5.74) is 3.79. The Kier molecular flexibility index (Phi) is 10.8. The Balaban J connectivity index is 1.23. The van der Waals surface area contributed by atoms with E-state index in [1.54, 1.807) is 6.92 Å². The summed E-state index contributed by atoms with van der Waals surface area (Å²) in [4.78, 5) is 98.8. The predicted octanol–water partition coefficient (Wildman–Crippen LogP) is 0.582. The normalized spacial score (nSPS) is 21.3. The number of carbonyl (C=O) groups is 5. The first-order valence-electron chi connectivity index (χ1n) is 16.8. The molecule has 1 amide bonds. The molecule has 3 aliphatic rings. The van der Waals surface area contributed by atoms with Crippen molar-refractivity contribution < 1.29 is 63.3 Å². The van der Waals surface area contributed by atoms with Gasteiger partial charge < -0.3 is 45.1 Å². The Bertz CT molecular complexity index is 2290. The second kappa shape index (κ2) is 15.2. The summed E-state index contributed by atoms with van der Waals surface area (Å²) >= 11 is 2.22. The lowest BCUT2D eigenvalue weighted by atomic mass is 9.88. The number of aromatic nitrogens is 2. The zero-order valence-electron chi connectivity index (χ0n) is 28.9. The Morgan fingerprint density at radius 3 is 2.36 bits per heavy atom. The molecule has 0 radical (unpaired) electrons. The van der Waals surface area contributed by atoms with Crippen LogP contribution in [-0.4, -0.2) is 123 Å². The molecule has 0 spiro atoms. The first-order chi connectivity index (χ1) is 26.0. The van der Waals surface area contributed by atoms with Gasteiger partial charge in [0.05, 0.1) is 41.6 Å². The number of quaternary nitrogens is 1. The molecule has 2 aromatic heterocycles. The number of anilines is 1. The maximum absolute atomic E-state index is 13.7. The van der Waals surface area contributed by atoms with E-state index in [2.05, 4.69) is 10.1 Å². The third kappa shape index (κ3) is 7.64. The second-order valence-corrected chi connectivity index (χ2v) is 15.7. The number of phenols is 2. The number of benzene rings is 1. The minimum atomic E-state index is -1.94. The molecule has 0 aliphatic carbocycles. The fourth-order valence-electron chi connectivity index (χ4n) is 7.09. The van der Waals surface area contributed by atoms with Crippen molar-refractivity contribution in [2.45, 2.75) is 55.9 Å². The van der Waals surface area contributed by atoms with Crippen LogP contribution in [-0.2, 0) is 35.4 Å². The molecular formula is C33H35N6O14S2+. The molecule has 55 heavy (non-hydrogen) atoms. The van der Waals surface area contributed by atoms with Gasteiger partial charge in [-0.15, -0.1) is 23.1 Å². The van der Waals surface area contributed by atoms with Crippen LogP contribution in [0.4, 0.5) is 5.13 Å². The van der Waals surface area contributed by atoms with E-state index in [0.29, 0.717) is 23.1 Å². The van der Waals surface area contributed by atoms with Gasteiger partial charge in [-0.3, -0.25) is 24.1 Å². The summed E-state index contributed by atoms with van der Waals surface area (Å²) in [6.45, 7) is 3.36.